The van der Waals surface area contributed by atoms with Gasteiger partial charge in [-0.2, -0.15) is 0 Å². The molecule has 0 heterocycles. The monoisotopic (exact) mass is 870 g/mol. The highest BCUT2D eigenvalue weighted by molar-refractivity contribution is 5.76. The highest BCUT2D eigenvalue weighted by Crippen LogP contribution is 2.15. The van der Waals surface area contributed by atoms with Crippen LogP contribution in [0.4, 0.5) is 0 Å². The normalized spacial score (nSPS) is 13.0. The molecule has 6 heteroatoms. The summed E-state index contributed by atoms with van der Waals surface area (Å²) < 4.78 is 5.44. The Morgan fingerprint density at radius 1 is 0.452 bits per heavy atom. The molecule has 1 amide bonds. The van der Waals surface area contributed by atoms with Gasteiger partial charge < -0.3 is 20.3 Å². The van der Waals surface area contributed by atoms with E-state index in [0.717, 1.165) is 77.0 Å². The fourth-order valence-electron chi connectivity index (χ4n) is 7.91. The second-order valence-corrected chi connectivity index (χ2v) is 18.2. The number of carbonyl (C=O) groups excluding carboxylic acids is 2. The number of ether oxygens (including phenoxy) is 1. The maximum absolute atomic E-state index is 12.4. The molecule has 0 aromatic heterocycles. The van der Waals surface area contributed by atoms with Crippen LogP contribution < -0.4 is 5.32 Å². The SMILES string of the molecule is CCCCCCCCC/C=C\CCCCCCCC(=O)OCCCCC/C=C\C=C/CCCCCCCCC(=O)NC(CO)C(O)/C=C/CCCCCCCCCCCCCC. The molecule has 0 radical (unpaired) electrons. The van der Waals surface area contributed by atoms with Crippen molar-refractivity contribution in [2.75, 3.05) is 13.2 Å². The summed E-state index contributed by atoms with van der Waals surface area (Å²) in [6, 6.07) is -0.645. The van der Waals surface area contributed by atoms with E-state index in [-0.39, 0.29) is 18.5 Å². The van der Waals surface area contributed by atoms with Crippen LogP contribution in [0.5, 0.6) is 0 Å². The topological polar surface area (TPSA) is 95.9 Å². The minimum absolute atomic E-state index is 0.0310. The van der Waals surface area contributed by atoms with Crippen molar-refractivity contribution in [3.8, 4) is 0 Å². The lowest BCUT2D eigenvalue weighted by Gasteiger charge is -2.20. The Bertz CT molecular complexity index is 1050. The van der Waals surface area contributed by atoms with E-state index < -0.39 is 12.1 Å². The number of hydrogen-bond donors (Lipinski definition) is 3. The number of esters is 1. The molecule has 2 unspecified atom stereocenters. The second-order valence-electron chi connectivity index (χ2n) is 18.2. The number of amides is 1. The lowest BCUT2D eigenvalue weighted by molar-refractivity contribution is -0.143. The van der Waals surface area contributed by atoms with Gasteiger partial charge in [0.2, 0.25) is 5.91 Å². The third-order valence-electron chi connectivity index (χ3n) is 12.1. The summed E-state index contributed by atoms with van der Waals surface area (Å²) in [5, 5.41) is 23.0. The van der Waals surface area contributed by atoms with Crippen molar-refractivity contribution in [1.82, 2.24) is 5.32 Å². The number of aliphatic hydroxyl groups excluding tert-OH is 2. The van der Waals surface area contributed by atoms with E-state index in [0.29, 0.717) is 19.4 Å². The molecule has 0 rings (SSSR count). The van der Waals surface area contributed by atoms with Gasteiger partial charge in [0.15, 0.2) is 0 Å². The lowest BCUT2D eigenvalue weighted by Crippen LogP contribution is -2.45. The quantitative estimate of drug-likeness (QED) is 0.0245. The number of allylic oxidation sites excluding steroid dienone is 7. The van der Waals surface area contributed by atoms with Crippen LogP contribution in [-0.4, -0.2) is 47.4 Å². The van der Waals surface area contributed by atoms with Crippen LogP contribution in [0.25, 0.3) is 0 Å². The summed E-state index contributed by atoms with van der Waals surface area (Å²) >= 11 is 0. The van der Waals surface area contributed by atoms with Crippen molar-refractivity contribution < 1.29 is 24.5 Å². The van der Waals surface area contributed by atoms with Crippen LogP contribution in [0.1, 0.15) is 271 Å². The third kappa shape index (κ3) is 47.3. The highest BCUT2D eigenvalue weighted by atomic mass is 16.5. The Morgan fingerprint density at radius 3 is 1.24 bits per heavy atom. The molecule has 0 aliphatic rings. The van der Waals surface area contributed by atoms with Gasteiger partial charge in [-0.15, -0.1) is 0 Å². The van der Waals surface area contributed by atoms with Crippen LogP contribution in [0.2, 0.25) is 0 Å². The zero-order valence-electron chi connectivity index (χ0n) is 41.1. The number of unbranched alkanes of at least 4 members (excludes halogenated alkanes) is 33. The smallest absolute Gasteiger partial charge is 0.305 e. The maximum Gasteiger partial charge on any atom is 0.305 e. The first-order valence-electron chi connectivity index (χ1n) is 26.9. The average molecular weight is 870 g/mol. The Morgan fingerprint density at radius 2 is 0.806 bits per heavy atom. The van der Waals surface area contributed by atoms with Crippen molar-refractivity contribution in [1.29, 1.82) is 0 Å². The largest absolute Gasteiger partial charge is 0.466 e. The van der Waals surface area contributed by atoms with Crippen LogP contribution in [0, 0.1) is 0 Å². The zero-order chi connectivity index (χ0) is 45.1. The number of rotatable bonds is 49. The summed E-state index contributed by atoms with van der Waals surface area (Å²) in [4.78, 5) is 24.5. The molecule has 62 heavy (non-hydrogen) atoms. The molecule has 0 aliphatic carbocycles. The third-order valence-corrected chi connectivity index (χ3v) is 12.1. The van der Waals surface area contributed by atoms with E-state index in [9.17, 15) is 19.8 Å². The minimum Gasteiger partial charge on any atom is -0.466 e. The second kappa shape index (κ2) is 51.5. The molecule has 0 spiro atoms. The van der Waals surface area contributed by atoms with E-state index in [1.807, 2.05) is 6.08 Å². The standard InChI is InChI=1S/C56H103NO5/c1-3-5-7-9-11-13-15-17-19-22-26-30-34-38-42-46-50-56(61)62-51-47-43-39-35-31-27-23-20-21-25-29-33-37-41-45-49-55(60)57-53(52-58)54(59)48-44-40-36-32-28-24-18-16-14-12-10-8-6-4-2/h19-20,22-23,27,31,44,48,53-54,58-59H,3-18,21,24-26,28-30,32-43,45-47,49-52H2,1-2H3,(H,57,60)/b22-19-,23-20-,31-27-,48-44+. The van der Waals surface area contributed by atoms with Crippen LogP contribution in [-0.2, 0) is 14.3 Å². The highest BCUT2D eigenvalue weighted by Gasteiger charge is 2.18. The Labute approximate surface area is 385 Å². The van der Waals surface area contributed by atoms with Gasteiger partial charge >= 0.3 is 5.97 Å². The maximum atomic E-state index is 12.4. The molecule has 362 valence electrons. The van der Waals surface area contributed by atoms with E-state index in [1.165, 1.54) is 167 Å². The summed E-state index contributed by atoms with van der Waals surface area (Å²) in [5.74, 6) is -0.123. The first-order valence-corrected chi connectivity index (χ1v) is 26.9. The summed E-state index contributed by atoms with van der Waals surface area (Å²) in [7, 11) is 0. The van der Waals surface area contributed by atoms with Gasteiger partial charge in [-0.3, -0.25) is 9.59 Å². The Balaban J connectivity index is 3.56. The lowest BCUT2D eigenvalue weighted by atomic mass is 10.0. The Kier molecular flexibility index (Phi) is 49.6. The average Bonchev–Trinajstić information content (AvgIpc) is 3.27. The molecule has 0 saturated heterocycles. The van der Waals surface area contributed by atoms with Crippen LogP contribution in [0.15, 0.2) is 48.6 Å². The first-order chi connectivity index (χ1) is 30.5. The van der Waals surface area contributed by atoms with Crippen molar-refractivity contribution in [2.24, 2.45) is 0 Å². The molecule has 2 atom stereocenters. The van der Waals surface area contributed by atoms with Gasteiger partial charge in [0.05, 0.1) is 25.4 Å². The molecule has 0 fully saturated rings. The zero-order valence-corrected chi connectivity index (χ0v) is 41.1. The number of hydrogen-bond acceptors (Lipinski definition) is 5. The molecule has 0 aliphatic heterocycles. The van der Waals surface area contributed by atoms with Crippen LogP contribution >= 0.6 is 0 Å². The van der Waals surface area contributed by atoms with Gasteiger partial charge in [-0.05, 0) is 89.9 Å². The van der Waals surface area contributed by atoms with E-state index in [1.54, 1.807) is 6.08 Å². The van der Waals surface area contributed by atoms with Crippen LogP contribution in [0.3, 0.4) is 0 Å². The summed E-state index contributed by atoms with van der Waals surface area (Å²) in [6.07, 6.45) is 64.0. The molecule has 0 aromatic rings. The summed E-state index contributed by atoms with van der Waals surface area (Å²) in [5.41, 5.74) is 0. The number of carbonyl (C=O) groups is 2. The van der Waals surface area contributed by atoms with Crippen molar-refractivity contribution in [2.45, 2.75) is 283 Å². The van der Waals surface area contributed by atoms with E-state index in [4.69, 9.17) is 4.74 Å². The molecular weight excluding hydrogens is 767 g/mol. The summed E-state index contributed by atoms with van der Waals surface area (Å²) in [6.45, 7) is 4.83. The predicted octanol–water partition coefficient (Wildman–Crippen LogP) is 16.2. The predicted molar refractivity (Wildman–Crippen MR) is 269 cm³/mol. The van der Waals surface area contributed by atoms with Gasteiger partial charge in [-0.25, -0.2) is 0 Å². The van der Waals surface area contributed by atoms with E-state index in [2.05, 4.69) is 55.6 Å². The molecule has 0 aromatic carbocycles. The van der Waals surface area contributed by atoms with Gasteiger partial charge in [0, 0.05) is 12.8 Å². The van der Waals surface area contributed by atoms with Crippen molar-refractivity contribution in [3.05, 3.63) is 48.6 Å². The Hall–Kier alpha value is -2.18. The van der Waals surface area contributed by atoms with Gasteiger partial charge in [-0.1, -0.05) is 217 Å². The minimum atomic E-state index is -0.859. The molecule has 3 N–H and O–H groups in total. The molecule has 6 nitrogen and oxygen atoms in total. The molecule has 0 bridgehead atoms. The molecular formula is C56H103NO5. The van der Waals surface area contributed by atoms with Gasteiger partial charge in [0.1, 0.15) is 0 Å². The molecule has 0 saturated carbocycles. The fraction of sp³-hybridized carbons (Fsp3) is 0.821. The van der Waals surface area contributed by atoms with Gasteiger partial charge in [0.25, 0.3) is 0 Å². The number of nitrogens with one attached hydrogen (secondary N) is 1. The van der Waals surface area contributed by atoms with E-state index >= 15 is 0 Å². The number of aliphatic hydroxyl groups is 2. The first kappa shape index (κ1) is 59.8. The van der Waals surface area contributed by atoms with Crippen molar-refractivity contribution in [3.63, 3.8) is 0 Å². The fourth-order valence-corrected chi connectivity index (χ4v) is 7.91. The van der Waals surface area contributed by atoms with Crippen molar-refractivity contribution >= 4 is 11.9 Å².